The molecule has 4 heteroatoms. The number of amides is 1. The van der Waals surface area contributed by atoms with E-state index in [1.165, 1.54) is 32.1 Å². The van der Waals surface area contributed by atoms with Crippen LogP contribution in [0.5, 0.6) is 0 Å². The van der Waals surface area contributed by atoms with Crippen molar-refractivity contribution in [2.24, 2.45) is 11.7 Å². The lowest BCUT2D eigenvalue weighted by molar-refractivity contribution is -0.159. The highest BCUT2D eigenvalue weighted by Crippen LogP contribution is 2.28. The number of carbonyl (C=O) groups is 1. The number of rotatable bonds is 3. The fourth-order valence-electron chi connectivity index (χ4n) is 3.74. The molecule has 2 unspecified atom stereocenters. The molecule has 2 rings (SSSR count). The molecule has 2 fully saturated rings. The van der Waals surface area contributed by atoms with Gasteiger partial charge in [-0.2, -0.15) is 0 Å². The Bertz CT molecular complexity index is 337. The van der Waals surface area contributed by atoms with Crippen molar-refractivity contribution in [3.63, 3.8) is 0 Å². The van der Waals surface area contributed by atoms with Crippen LogP contribution in [0, 0.1) is 5.92 Å². The van der Waals surface area contributed by atoms with E-state index >= 15 is 0 Å². The van der Waals surface area contributed by atoms with E-state index in [1.807, 2.05) is 25.7 Å². The summed E-state index contributed by atoms with van der Waals surface area (Å²) in [6.45, 7) is 7.41. The normalized spacial score (nSPS) is 29.2. The average Bonchev–Trinajstić information content (AvgIpc) is 2.36. The second-order valence-corrected chi connectivity index (χ2v) is 7.25. The molecule has 1 aliphatic heterocycles. The van der Waals surface area contributed by atoms with Gasteiger partial charge in [-0.3, -0.25) is 4.79 Å². The van der Waals surface area contributed by atoms with Crippen molar-refractivity contribution >= 4 is 5.91 Å². The molecule has 1 aliphatic carbocycles. The van der Waals surface area contributed by atoms with Gasteiger partial charge in [-0.25, -0.2) is 0 Å². The van der Waals surface area contributed by atoms with Gasteiger partial charge < -0.3 is 15.4 Å². The molecule has 20 heavy (non-hydrogen) atoms. The number of hydrogen-bond donors (Lipinski definition) is 1. The van der Waals surface area contributed by atoms with E-state index in [1.54, 1.807) is 0 Å². The summed E-state index contributed by atoms with van der Waals surface area (Å²) in [7, 11) is 0. The molecule has 0 radical (unpaired) electrons. The molecule has 4 nitrogen and oxygen atoms in total. The van der Waals surface area contributed by atoms with Crippen LogP contribution in [0.1, 0.15) is 59.3 Å². The number of nitrogens with zero attached hydrogens (tertiary/aromatic N) is 1. The van der Waals surface area contributed by atoms with Crippen molar-refractivity contribution in [1.29, 1.82) is 0 Å². The van der Waals surface area contributed by atoms with Gasteiger partial charge in [0, 0.05) is 13.1 Å². The molecule has 2 N–H and O–H groups in total. The first-order chi connectivity index (χ1) is 9.37. The maximum atomic E-state index is 12.6. The first-order valence-electron chi connectivity index (χ1n) is 8.09. The Morgan fingerprint density at radius 1 is 1.35 bits per heavy atom. The van der Waals surface area contributed by atoms with Crippen LogP contribution in [0.25, 0.3) is 0 Å². The van der Waals surface area contributed by atoms with Crippen LogP contribution in [0.2, 0.25) is 0 Å². The molecule has 0 aromatic carbocycles. The van der Waals surface area contributed by atoms with Crippen molar-refractivity contribution < 1.29 is 9.53 Å². The lowest BCUT2D eigenvalue weighted by atomic mass is 9.84. The molecular weight excluding hydrogens is 252 g/mol. The van der Waals surface area contributed by atoms with Gasteiger partial charge in [-0.1, -0.05) is 32.1 Å². The number of morpholine rings is 1. The highest BCUT2D eigenvalue weighted by atomic mass is 16.5. The number of nitrogens with two attached hydrogens (primary N) is 1. The summed E-state index contributed by atoms with van der Waals surface area (Å²) in [5, 5.41) is 0. The smallest absolute Gasteiger partial charge is 0.239 e. The minimum Gasteiger partial charge on any atom is -0.369 e. The highest BCUT2D eigenvalue weighted by molar-refractivity contribution is 5.81. The van der Waals surface area contributed by atoms with Crippen molar-refractivity contribution in [1.82, 2.24) is 4.90 Å². The molecule has 0 aromatic heterocycles. The van der Waals surface area contributed by atoms with Crippen LogP contribution in [0.4, 0.5) is 0 Å². The van der Waals surface area contributed by atoms with Crippen LogP contribution >= 0.6 is 0 Å². The molecule has 1 saturated carbocycles. The van der Waals surface area contributed by atoms with Gasteiger partial charge in [-0.15, -0.1) is 0 Å². The predicted octanol–water partition coefficient (Wildman–Crippen LogP) is 2.31. The summed E-state index contributed by atoms with van der Waals surface area (Å²) in [6.07, 6.45) is 7.36. The molecule has 0 aromatic rings. The number of ether oxygens (including phenoxy) is 1. The molecule has 0 bridgehead atoms. The van der Waals surface area contributed by atoms with Crippen LogP contribution in [0.15, 0.2) is 0 Å². The van der Waals surface area contributed by atoms with Crippen molar-refractivity contribution in [3.05, 3.63) is 0 Å². The SMILES string of the molecule is CC1CN(C(=O)C(N)CC2CCCCC2)CC(C)(C)O1. The quantitative estimate of drug-likeness (QED) is 0.864. The first kappa shape index (κ1) is 15.8. The third-order valence-corrected chi connectivity index (χ3v) is 4.51. The Labute approximate surface area is 123 Å². The standard InChI is InChI=1S/C16H30N2O2/c1-12-10-18(11-16(2,3)20-12)15(19)14(17)9-13-7-5-4-6-8-13/h12-14H,4-11,17H2,1-3H3. The molecule has 0 spiro atoms. The summed E-state index contributed by atoms with van der Waals surface area (Å²) >= 11 is 0. The minimum absolute atomic E-state index is 0.0876. The Morgan fingerprint density at radius 2 is 2.00 bits per heavy atom. The summed E-state index contributed by atoms with van der Waals surface area (Å²) in [4.78, 5) is 14.5. The maximum Gasteiger partial charge on any atom is 0.239 e. The summed E-state index contributed by atoms with van der Waals surface area (Å²) < 4.78 is 5.85. The van der Waals surface area contributed by atoms with E-state index in [2.05, 4.69) is 0 Å². The third-order valence-electron chi connectivity index (χ3n) is 4.51. The fourth-order valence-corrected chi connectivity index (χ4v) is 3.74. The minimum atomic E-state index is -0.334. The van der Waals surface area contributed by atoms with E-state index in [9.17, 15) is 4.79 Å². The molecule has 1 heterocycles. The molecule has 2 atom stereocenters. The topological polar surface area (TPSA) is 55.6 Å². The van der Waals surface area contributed by atoms with Crippen molar-refractivity contribution in [3.8, 4) is 0 Å². The summed E-state index contributed by atoms with van der Waals surface area (Å²) in [5.41, 5.74) is 5.91. The first-order valence-corrected chi connectivity index (χ1v) is 8.09. The molecular formula is C16H30N2O2. The Kier molecular flexibility index (Phi) is 5.08. The zero-order valence-electron chi connectivity index (χ0n) is 13.2. The zero-order valence-corrected chi connectivity index (χ0v) is 13.2. The average molecular weight is 282 g/mol. The third kappa shape index (κ3) is 4.19. The predicted molar refractivity (Wildman–Crippen MR) is 80.4 cm³/mol. The van der Waals surface area contributed by atoms with Gasteiger partial charge >= 0.3 is 0 Å². The highest BCUT2D eigenvalue weighted by Gasteiger charge is 2.35. The summed E-state index contributed by atoms with van der Waals surface area (Å²) in [6, 6.07) is -0.334. The van der Waals surface area contributed by atoms with Crippen LogP contribution < -0.4 is 5.73 Å². The Hall–Kier alpha value is -0.610. The second kappa shape index (κ2) is 6.44. The van der Waals surface area contributed by atoms with E-state index in [4.69, 9.17) is 10.5 Å². The van der Waals surface area contributed by atoms with Crippen molar-refractivity contribution in [2.45, 2.75) is 77.0 Å². The Balaban J connectivity index is 1.88. The van der Waals surface area contributed by atoms with Crippen LogP contribution in [-0.4, -0.2) is 41.6 Å². The van der Waals surface area contributed by atoms with Gasteiger partial charge in [0.1, 0.15) is 0 Å². The maximum absolute atomic E-state index is 12.6. The monoisotopic (exact) mass is 282 g/mol. The molecule has 1 saturated heterocycles. The van der Waals surface area contributed by atoms with Gasteiger partial charge in [0.15, 0.2) is 0 Å². The van der Waals surface area contributed by atoms with Gasteiger partial charge in [0.2, 0.25) is 5.91 Å². The molecule has 2 aliphatic rings. The van der Waals surface area contributed by atoms with Gasteiger partial charge in [-0.05, 0) is 33.1 Å². The van der Waals surface area contributed by atoms with Crippen LogP contribution in [0.3, 0.4) is 0 Å². The number of hydrogen-bond acceptors (Lipinski definition) is 3. The van der Waals surface area contributed by atoms with E-state index in [0.717, 1.165) is 6.42 Å². The van der Waals surface area contributed by atoms with Gasteiger partial charge in [0.05, 0.1) is 17.7 Å². The van der Waals surface area contributed by atoms with Gasteiger partial charge in [0.25, 0.3) is 0 Å². The largest absolute Gasteiger partial charge is 0.369 e. The number of carbonyl (C=O) groups excluding carboxylic acids is 1. The fraction of sp³-hybridized carbons (Fsp3) is 0.938. The van der Waals surface area contributed by atoms with Crippen LogP contribution in [-0.2, 0) is 9.53 Å². The lowest BCUT2D eigenvalue weighted by Gasteiger charge is -2.42. The lowest BCUT2D eigenvalue weighted by Crippen LogP contribution is -2.57. The van der Waals surface area contributed by atoms with E-state index < -0.39 is 0 Å². The summed E-state index contributed by atoms with van der Waals surface area (Å²) in [5.74, 6) is 0.757. The van der Waals surface area contributed by atoms with E-state index in [0.29, 0.717) is 19.0 Å². The molecule has 1 amide bonds. The van der Waals surface area contributed by atoms with Crippen molar-refractivity contribution in [2.75, 3.05) is 13.1 Å². The molecule has 116 valence electrons. The second-order valence-electron chi connectivity index (χ2n) is 7.25. The zero-order chi connectivity index (χ0) is 14.8. The van der Waals surface area contributed by atoms with E-state index in [-0.39, 0.29) is 23.7 Å². The Morgan fingerprint density at radius 3 is 2.60 bits per heavy atom.